The number of morpholine rings is 1. The molecule has 172 valence electrons. The van der Waals surface area contributed by atoms with Gasteiger partial charge in [-0.05, 0) is 31.0 Å². The first-order valence-electron chi connectivity index (χ1n) is 11.1. The summed E-state index contributed by atoms with van der Waals surface area (Å²) < 4.78 is 33.9. The Balaban J connectivity index is 1.46. The van der Waals surface area contributed by atoms with Gasteiger partial charge in [-0.2, -0.15) is 4.98 Å². The minimum absolute atomic E-state index is 0.228. The zero-order chi connectivity index (χ0) is 22.4. The minimum Gasteiger partial charge on any atom is -0.379 e. The third kappa shape index (κ3) is 3.62. The Kier molecular flexibility index (Phi) is 5.16. The number of hydrogen-bond donors (Lipinski definition) is 0. The normalized spacial score (nSPS) is 19.7. The molecular weight excluding hydrogens is 431 g/mol. The maximum absolute atomic E-state index is 14.2. The van der Waals surface area contributed by atoms with Gasteiger partial charge in [0.15, 0.2) is 0 Å². The van der Waals surface area contributed by atoms with Crippen molar-refractivity contribution in [3.63, 3.8) is 0 Å². The Morgan fingerprint density at radius 2 is 2.00 bits per heavy atom. The van der Waals surface area contributed by atoms with Crippen LogP contribution in [0.15, 0.2) is 33.8 Å². The molecule has 0 aliphatic carbocycles. The van der Waals surface area contributed by atoms with E-state index in [2.05, 4.69) is 20.0 Å². The molecular formula is C22H23FN6O4. The van der Waals surface area contributed by atoms with Crippen LogP contribution in [-0.4, -0.2) is 68.4 Å². The molecule has 2 aliphatic heterocycles. The van der Waals surface area contributed by atoms with Gasteiger partial charge in [0, 0.05) is 32.8 Å². The molecule has 2 aliphatic rings. The summed E-state index contributed by atoms with van der Waals surface area (Å²) in [7, 11) is 0. The van der Waals surface area contributed by atoms with Gasteiger partial charge in [-0.3, -0.25) is 14.1 Å². The lowest BCUT2D eigenvalue weighted by Crippen LogP contribution is -2.39. The number of nitrogens with zero attached hydrogens (tertiary/aromatic N) is 6. The van der Waals surface area contributed by atoms with Gasteiger partial charge in [0.2, 0.25) is 5.82 Å². The van der Waals surface area contributed by atoms with Crippen molar-refractivity contribution in [3.8, 4) is 11.5 Å². The molecule has 0 radical (unpaired) electrons. The molecule has 10 nitrogen and oxygen atoms in total. The second kappa shape index (κ2) is 8.32. The average Bonchev–Trinajstić information content (AvgIpc) is 3.59. The quantitative estimate of drug-likeness (QED) is 0.452. The summed E-state index contributed by atoms with van der Waals surface area (Å²) in [6.45, 7) is 4.66. The highest BCUT2D eigenvalue weighted by atomic mass is 19.1. The van der Waals surface area contributed by atoms with E-state index in [1.54, 1.807) is 21.4 Å². The lowest BCUT2D eigenvalue weighted by atomic mass is 10.2. The molecule has 1 unspecified atom stereocenters. The van der Waals surface area contributed by atoms with Crippen LogP contribution in [0.2, 0.25) is 0 Å². The summed E-state index contributed by atoms with van der Waals surface area (Å²) in [5.74, 6) is 0.224. The van der Waals surface area contributed by atoms with Crippen LogP contribution < -0.4 is 5.56 Å². The SMILES string of the molecule is O=c1c2c(-c3noc(C4CCCO4)n3)ncn2c2ccc(F)cc2n1CCN1CCOCC1. The van der Waals surface area contributed by atoms with E-state index in [4.69, 9.17) is 14.0 Å². The topological polar surface area (TPSA) is 99.9 Å². The molecule has 0 spiro atoms. The molecule has 33 heavy (non-hydrogen) atoms. The molecule has 11 heteroatoms. The van der Waals surface area contributed by atoms with Crippen molar-refractivity contribution >= 4 is 16.6 Å². The highest BCUT2D eigenvalue weighted by Gasteiger charge is 2.26. The lowest BCUT2D eigenvalue weighted by Gasteiger charge is -2.27. The second-order valence-electron chi connectivity index (χ2n) is 8.31. The van der Waals surface area contributed by atoms with Crippen molar-refractivity contribution in [1.29, 1.82) is 0 Å². The smallest absolute Gasteiger partial charge is 0.277 e. The molecule has 0 bridgehead atoms. The van der Waals surface area contributed by atoms with Crippen LogP contribution in [0.3, 0.4) is 0 Å². The van der Waals surface area contributed by atoms with E-state index >= 15 is 0 Å². The van der Waals surface area contributed by atoms with Crippen LogP contribution >= 0.6 is 0 Å². The maximum Gasteiger partial charge on any atom is 0.277 e. The highest BCUT2D eigenvalue weighted by Crippen LogP contribution is 2.29. The summed E-state index contributed by atoms with van der Waals surface area (Å²) >= 11 is 0. The van der Waals surface area contributed by atoms with Crippen molar-refractivity contribution < 1.29 is 18.4 Å². The molecule has 5 heterocycles. The fraction of sp³-hybridized carbons (Fsp3) is 0.455. The zero-order valence-electron chi connectivity index (χ0n) is 17.9. The molecule has 1 aromatic carbocycles. The number of halogens is 1. The predicted octanol–water partition coefficient (Wildman–Crippen LogP) is 2.02. The highest BCUT2D eigenvalue weighted by molar-refractivity contribution is 5.83. The maximum atomic E-state index is 14.2. The summed E-state index contributed by atoms with van der Waals surface area (Å²) in [5, 5.41) is 4.07. The van der Waals surface area contributed by atoms with E-state index < -0.39 is 5.82 Å². The first-order chi connectivity index (χ1) is 16.2. The molecule has 6 rings (SSSR count). The summed E-state index contributed by atoms with van der Waals surface area (Å²) in [5.41, 5.74) is 1.57. The van der Waals surface area contributed by atoms with Crippen LogP contribution in [0.1, 0.15) is 24.8 Å². The molecule has 1 atom stereocenters. The monoisotopic (exact) mass is 454 g/mol. The zero-order valence-corrected chi connectivity index (χ0v) is 17.9. The van der Waals surface area contributed by atoms with Gasteiger partial charge in [0.1, 0.15) is 29.5 Å². The van der Waals surface area contributed by atoms with E-state index in [1.165, 1.54) is 12.1 Å². The number of rotatable bonds is 5. The van der Waals surface area contributed by atoms with Crippen LogP contribution in [0.4, 0.5) is 4.39 Å². The van der Waals surface area contributed by atoms with Crippen LogP contribution in [0, 0.1) is 5.82 Å². The molecule has 4 aromatic rings. The fourth-order valence-corrected chi connectivity index (χ4v) is 4.58. The Morgan fingerprint density at radius 1 is 1.12 bits per heavy atom. The molecule has 0 N–H and O–H groups in total. The van der Waals surface area contributed by atoms with Crippen molar-refractivity contribution in [2.75, 3.05) is 39.5 Å². The van der Waals surface area contributed by atoms with Gasteiger partial charge in [-0.1, -0.05) is 5.16 Å². The largest absolute Gasteiger partial charge is 0.379 e. The number of ether oxygens (including phenoxy) is 2. The third-order valence-electron chi connectivity index (χ3n) is 6.31. The lowest BCUT2D eigenvalue weighted by molar-refractivity contribution is 0.0364. The van der Waals surface area contributed by atoms with Gasteiger partial charge in [-0.15, -0.1) is 0 Å². The Hall–Kier alpha value is -3.15. The van der Waals surface area contributed by atoms with Gasteiger partial charge in [0.25, 0.3) is 11.4 Å². The van der Waals surface area contributed by atoms with Gasteiger partial charge >= 0.3 is 0 Å². The Bertz CT molecular complexity index is 1370. The summed E-state index contributed by atoms with van der Waals surface area (Å²) in [6.07, 6.45) is 3.07. The standard InChI is InChI=1S/C22H23FN6O4/c23-14-3-4-15-16(12-14)28(6-5-27-7-10-31-11-8-27)22(30)19-18(24-13-29(15)19)20-25-21(33-26-20)17-2-1-9-32-17/h3-4,12-13,17H,1-2,5-11H2. The van der Waals surface area contributed by atoms with Crippen LogP contribution in [0.25, 0.3) is 28.1 Å². The minimum atomic E-state index is -0.402. The summed E-state index contributed by atoms with van der Waals surface area (Å²) in [6, 6.07) is 4.42. The first-order valence-corrected chi connectivity index (χ1v) is 11.1. The molecule has 3 aromatic heterocycles. The predicted molar refractivity (Wildman–Crippen MR) is 115 cm³/mol. The number of hydrogen-bond acceptors (Lipinski definition) is 8. The van der Waals surface area contributed by atoms with Crippen molar-refractivity contribution in [3.05, 3.63) is 46.6 Å². The van der Waals surface area contributed by atoms with Crippen LogP contribution in [0.5, 0.6) is 0 Å². The number of fused-ring (bicyclic) bond motifs is 3. The average molecular weight is 454 g/mol. The second-order valence-corrected chi connectivity index (χ2v) is 8.31. The Morgan fingerprint density at radius 3 is 2.82 bits per heavy atom. The van der Waals surface area contributed by atoms with Crippen molar-refractivity contribution in [2.45, 2.75) is 25.5 Å². The van der Waals surface area contributed by atoms with Gasteiger partial charge in [-0.25, -0.2) is 9.37 Å². The van der Waals surface area contributed by atoms with E-state index in [1.807, 2.05) is 0 Å². The summed E-state index contributed by atoms with van der Waals surface area (Å²) in [4.78, 5) is 24.8. The molecule has 2 fully saturated rings. The molecule has 2 saturated heterocycles. The van der Waals surface area contributed by atoms with Crippen molar-refractivity contribution in [1.82, 2.24) is 29.0 Å². The van der Waals surface area contributed by atoms with Crippen molar-refractivity contribution in [2.24, 2.45) is 0 Å². The Labute approximate surface area is 187 Å². The van der Waals surface area contributed by atoms with E-state index in [9.17, 15) is 9.18 Å². The molecule has 0 amide bonds. The fourth-order valence-electron chi connectivity index (χ4n) is 4.58. The van der Waals surface area contributed by atoms with Gasteiger partial charge < -0.3 is 18.6 Å². The molecule has 0 saturated carbocycles. The van der Waals surface area contributed by atoms with E-state index in [0.717, 1.165) is 25.9 Å². The number of benzene rings is 1. The number of aromatic nitrogens is 5. The van der Waals surface area contributed by atoms with Crippen LogP contribution in [-0.2, 0) is 16.0 Å². The van der Waals surface area contributed by atoms with E-state index in [0.29, 0.717) is 61.0 Å². The number of imidazole rings is 1. The third-order valence-corrected chi connectivity index (χ3v) is 6.31. The van der Waals surface area contributed by atoms with Gasteiger partial charge in [0.05, 0.1) is 24.2 Å². The van der Waals surface area contributed by atoms with E-state index in [-0.39, 0.29) is 17.5 Å². The first kappa shape index (κ1) is 20.5.